The quantitative estimate of drug-likeness (QED) is 0.376. The molecule has 3 heterocycles. The van der Waals surface area contributed by atoms with Crippen LogP contribution in [0.4, 0.5) is 14.0 Å². The molecule has 1 unspecified atom stereocenters. The van der Waals surface area contributed by atoms with E-state index in [-0.39, 0.29) is 56.2 Å². The van der Waals surface area contributed by atoms with Gasteiger partial charge in [0, 0.05) is 55.1 Å². The number of sulfonamides is 1. The van der Waals surface area contributed by atoms with Gasteiger partial charge in [-0.25, -0.2) is 22.4 Å². The number of ketones is 1. The van der Waals surface area contributed by atoms with Crippen LogP contribution in [0.25, 0.3) is 0 Å². The van der Waals surface area contributed by atoms with Gasteiger partial charge in [-0.15, -0.1) is 0 Å². The Kier molecular flexibility index (Phi) is 11.7. The van der Waals surface area contributed by atoms with Crippen molar-refractivity contribution in [2.75, 3.05) is 45.6 Å². The summed E-state index contributed by atoms with van der Waals surface area (Å²) in [6.07, 6.45) is 1.21. The molecule has 3 aliphatic rings. The zero-order chi connectivity index (χ0) is 34.5. The van der Waals surface area contributed by atoms with Crippen LogP contribution in [-0.4, -0.2) is 99.4 Å². The number of nitrogens with one attached hydrogen (secondary N) is 2. The largest absolute Gasteiger partial charge is 0.453 e. The van der Waals surface area contributed by atoms with E-state index in [1.165, 1.54) is 13.2 Å². The third-order valence-corrected chi connectivity index (χ3v) is 12.2. The molecule has 0 saturated carbocycles. The number of fused-ring (bicyclic) bond motifs is 2. The summed E-state index contributed by atoms with van der Waals surface area (Å²) >= 11 is 6.22. The SMILES string of the molecule is CCOC(=O)N1CCC(c2ccc(Cl)cc2)([C@H](NC(=O)OC)C(=O)Cc2cccc(F)c2CC[C@H]2CN[C@@H]3CCCS(=O)(=O)N2C3)CC1. The number of likely N-dealkylation sites (tertiary alicyclic amines) is 1. The molecule has 4 atom stereocenters. The predicted molar refractivity (Wildman–Crippen MR) is 179 cm³/mol. The Balaban J connectivity index is 1.43. The van der Waals surface area contributed by atoms with E-state index >= 15 is 4.39 Å². The van der Waals surface area contributed by atoms with E-state index in [1.54, 1.807) is 40.4 Å². The molecule has 5 rings (SSSR count). The number of piperazine rings is 1. The summed E-state index contributed by atoms with van der Waals surface area (Å²) in [5.74, 6) is -0.736. The first-order valence-electron chi connectivity index (χ1n) is 16.5. The summed E-state index contributed by atoms with van der Waals surface area (Å²) in [5.41, 5.74) is 0.617. The second kappa shape index (κ2) is 15.5. The number of hydrogen-bond acceptors (Lipinski definition) is 8. The minimum absolute atomic E-state index is 0.0998. The first-order chi connectivity index (χ1) is 23.0. The fourth-order valence-electron chi connectivity index (χ4n) is 7.43. The molecule has 2 aromatic carbocycles. The molecule has 0 aromatic heterocycles. The van der Waals surface area contributed by atoms with Crippen LogP contribution in [0.5, 0.6) is 0 Å². The standard InChI is InChI=1S/C34H44ClFN4O7S/c1-3-47-33(43)39-17-15-34(16-18-39,24-9-11-25(35)12-10-24)31(38-32(42)46-2)30(41)20-23-6-4-8-29(36)28(23)14-13-27-21-37-26-7-5-19-48(44,45)40(27)22-26/h4,6,8-12,26-27,31,37H,3,5,7,13-22H2,1-2H3,(H,38,42)/t26-,27+,31-/m1/s1. The summed E-state index contributed by atoms with van der Waals surface area (Å²) in [4.78, 5) is 41.3. The van der Waals surface area contributed by atoms with Crippen molar-refractivity contribution >= 4 is 39.6 Å². The van der Waals surface area contributed by atoms with Crippen molar-refractivity contribution in [3.8, 4) is 0 Å². The van der Waals surface area contributed by atoms with Crippen molar-refractivity contribution in [3.05, 3.63) is 70.0 Å². The van der Waals surface area contributed by atoms with Gasteiger partial charge < -0.3 is 25.0 Å². The number of methoxy groups -OCH3 is 1. The number of Topliss-reactive ketones (excluding diaryl/α,β-unsaturated/α-hetero) is 1. The number of nitrogens with zero attached hydrogens (tertiary/aromatic N) is 2. The van der Waals surface area contributed by atoms with Crippen molar-refractivity contribution < 1.29 is 36.7 Å². The molecule has 0 radical (unpaired) electrons. The minimum Gasteiger partial charge on any atom is -0.453 e. The lowest BCUT2D eigenvalue weighted by Crippen LogP contribution is -2.60. The summed E-state index contributed by atoms with van der Waals surface area (Å²) in [6, 6.07) is 10.3. The van der Waals surface area contributed by atoms with Gasteiger partial charge in [-0.05, 0) is 80.3 Å². The Labute approximate surface area is 286 Å². The smallest absolute Gasteiger partial charge is 0.409 e. The van der Waals surface area contributed by atoms with Crippen LogP contribution in [0.1, 0.15) is 55.7 Å². The molecule has 48 heavy (non-hydrogen) atoms. The second-order valence-corrected chi connectivity index (χ2v) is 15.2. The summed E-state index contributed by atoms with van der Waals surface area (Å²) in [6.45, 7) is 3.38. The Morgan fingerprint density at radius 2 is 1.88 bits per heavy atom. The van der Waals surface area contributed by atoms with Gasteiger partial charge in [0.2, 0.25) is 10.0 Å². The number of benzene rings is 2. The van der Waals surface area contributed by atoms with Crippen LogP contribution in [0, 0.1) is 5.82 Å². The van der Waals surface area contributed by atoms with E-state index in [9.17, 15) is 22.8 Å². The van der Waals surface area contributed by atoms with Crippen molar-refractivity contribution in [1.29, 1.82) is 0 Å². The summed E-state index contributed by atoms with van der Waals surface area (Å²) in [7, 11) is -2.20. The van der Waals surface area contributed by atoms with Gasteiger partial charge in [0.25, 0.3) is 0 Å². The number of alkyl carbamates (subject to hydrolysis) is 1. The maximum absolute atomic E-state index is 15.5. The number of halogens is 2. The number of amides is 2. The van der Waals surface area contributed by atoms with Crippen LogP contribution in [-0.2, 0) is 42.5 Å². The van der Waals surface area contributed by atoms with Crippen molar-refractivity contribution in [2.45, 2.75) is 75.4 Å². The lowest BCUT2D eigenvalue weighted by molar-refractivity contribution is -0.122. The zero-order valence-corrected chi connectivity index (χ0v) is 29.0. The maximum Gasteiger partial charge on any atom is 0.409 e. The van der Waals surface area contributed by atoms with Crippen LogP contribution in [0.3, 0.4) is 0 Å². The lowest BCUT2D eigenvalue weighted by atomic mass is 9.65. The summed E-state index contributed by atoms with van der Waals surface area (Å²) in [5, 5.41) is 6.73. The molecule has 2 amide bonds. The molecule has 2 N–H and O–H groups in total. The van der Waals surface area contributed by atoms with Crippen LogP contribution in [0.2, 0.25) is 5.02 Å². The predicted octanol–water partition coefficient (Wildman–Crippen LogP) is 4.20. The number of ether oxygens (including phenoxy) is 2. The molecular weight excluding hydrogens is 663 g/mol. The number of carbonyl (C=O) groups excluding carboxylic acids is 3. The molecule has 14 heteroatoms. The molecule has 11 nitrogen and oxygen atoms in total. The van der Waals surface area contributed by atoms with Gasteiger partial charge in [-0.2, -0.15) is 4.31 Å². The van der Waals surface area contributed by atoms with Gasteiger partial charge in [0.05, 0.1) is 19.5 Å². The first kappa shape index (κ1) is 36.0. The average molecular weight is 707 g/mol. The van der Waals surface area contributed by atoms with Gasteiger partial charge in [0.15, 0.2) is 5.78 Å². The van der Waals surface area contributed by atoms with E-state index in [0.717, 1.165) is 12.0 Å². The molecule has 0 aliphatic carbocycles. The van der Waals surface area contributed by atoms with Crippen LogP contribution in [0.15, 0.2) is 42.5 Å². The first-order valence-corrected chi connectivity index (χ1v) is 18.5. The van der Waals surface area contributed by atoms with Crippen LogP contribution < -0.4 is 10.6 Å². The topological polar surface area (TPSA) is 134 Å². The molecule has 3 fully saturated rings. The van der Waals surface area contributed by atoms with Crippen molar-refractivity contribution in [1.82, 2.24) is 19.8 Å². The molecule has 3 aliphatic heterocycles. The monoisotopic (exact) mass is 706 g/mol. The number of hydrogen-bond donors (Lipinski definition) is 2. The third-order valence-electron chi connectivity index (χ3n) is 9.99. The third kappa shape index (κ3) is 7.96. The van der Waals surface area contributed by atoms with Gasteiger partial charge in [0.1, 0.15) is 11.9 Å². The van der Waals surface area contributed by atoms with E-state index in [1.807, 2.05) is 12.1 Å². The second-order valence-electron chi connectivity index (χ2n) is 12.8. The highest BCUT2D eigenvalue weighted by molar-refractivity contribution is 7.89. The highest BCUT2D eigenvalue weighted by Crippen LogP contribution is 2.40. The highest BCUT2D eigenvalue weighted by Gasteiger charge is 2.48. The van der Waals surface area contributed by atoms with E-state index in [2.05, 4.69) is 10.6 Å². The highest BCUT2D eigenvalue weighted by atomic mass is 35.5. The fourth-order valence-corrected chi connectivity index (χ4v) is 9.36. The molecule has 2 aromatic rings. The maximum atomic E-state index is 15.5. The van der Waals surface area contributed by atoms with Gasteiger partial charge in [-0.3, -0.25) is 4.79 Å². The number of piperidine rings is 1. The summed E-state index contributed by atoms with van der Waals surface area (Å²) < 4.78 is 53.2. The Bertz CT molecular complexity index is 1580. The molecule has 2 bridgehead atoms. The Hall–Kier alpha value is -3.26. The lowest BCUT2D eigenvalue weighted by Gasteiger charge is -2.46. The fraction of sp³-hybridized carbons (Fsp3) is 0.559. The molecule has 0 spiro atoms. The van der Waals surface area contributed by atoms with E-state index in [4.69, 9.17) is 21.1 Å². The van der Waals surface area contributed by atoms with Gasteiger partial charge >= 0.3 is 12.2 Å². The molecule has 262 valence electrons. The van der Waals surface area contributed by atoms with Crippen molar-refractivity contribution in [2.24, 2.45) is 0 Å². The number of carbonyl (C=O) groups is 3. The molecular formula is C34H44ClFN4O7S. The number of rotatable bonds is 10. The Morgan fingerprint density at radius 1 is 1.15 bits per heavy atom. The van der Waals surface area contributed by atoms with Crippen molar-refractivity contribution in [3.63, 3.8) is 0 Å². The minimum atomic E-state index is -3.42. The normalized spacial score (nSPS) is 23.8. The van der Waals surface area contributed by atoms with Gasteiger partial charge in [-0.1, -0.05) is 35.9 Å². The molecule has 3 saturated heterocycles. The average Bonchev–Trinajstić information content (AvgIpc) is 3.19. The van der Waals surface area contributed by atoms with E-state index < -0.39 is 39.5 Å². The Morgan fingerprint density at radius 3 is 2.56 bits per heavy atom. The van der Waals surface area contributed by atoms with E-state index in [0.29, 0.717) is 54.9 Å². The van der Waals surface area contributed by atoms with Crippen LogP contribution >= 0.6 is 11.6 Å². The zero-order valence-electron chi connectivity index (χ0n) is 27.4.